The molecule has 1 aliphatic rings. The minimum Gasteiger partial charge on any atom is -0.497 e. The summed E-state index contributed by atoms with van der Waals surface area (Å²) in [6.07, 6.45) is 4.33. The van der Waals surface area contributed by atoms with Gasteiger partial charge >= 0.3 is 0 Å². The predicted molar refractivity (Wildman–Crippen MR) is 76.5 cm³/mol. The number of hydrogen-bond donors (Lipinski definition) is 1. The van der Waals surface area contributed by atoms with Crippen LogP contribution in [0.4, 0.5) is 0 Å². The number of methoxy groups -OCH3 is 1. The molecular weight excluding hydrogens is 252 g/mol. The molecule has 0 aliphatic heterocycles. The van der Waals surface area contributed by atoms with Gasteiger partial charge in [0.15, 0.2) is 0 Å². The van der Waals surface area contributed by atoms with Crippen LogP contribution in [-0.2, 0) is 6.54 Å². The summed E-state index contributed by atoms with van der Waals surface area (Å²) >= 11 is 0. The molecule has 3 rings (SSSR count). The lowest BCUT2D eigenvalue weighted by atomic mass is 10.0. The topological polar surface area (TPSA) is 47.3 Å². The van der Waals surface area contributed by atoms with E-state index in [1.807, 2.05) is 19.1 Å². The molecule has 1 unspecified atom stereocenters. The first-order valence-corrected chi connectivity index (χ1v) is 7.05. The predicted octanol–water partition coefficient (Wildman–Crippen LogP) is 3.23. The third kappa shape index (κ3) is 3.02. The molecule has 1 heterocycles. The highest BCUT2D eigenvalue weighted by atomic mass is 16.5. The van der Waals surface area contributed by atoms with Crippen LogP contribution in [0.25, 0.3) is 0 Å². The van der Waals surface area contributed by atoms with Crippen LogP contribution in [0.15, 0.2) is 34.9 Å². The molecule has 1 aromatic heterocycles. The smallest absolute Gasteiger partial charge is 0.208 e. The largest absolute Gasteiger partial charge is 0.497 e. The molecule has 0 saturated heterocycles. The van der Waals surface area contributed by atoms with E-state index in [0.717, 1.165) is 23.3 Å². The van der Waals surface area contributed by atoms with E-state index < -0.39 is 0 Å². The monoisotopic (exact) mass is 272 g/mol. The number of benzene rings is 1. The van der Waals surface area contributed by atoms with E-state index in [-0.39, 0.29) is 0 Å². The first-order chi connectivity index (χ1) is 9.76. The van der Waals surface area contributed by atoms with Gasteiger partial charge in [0.2, 0.25) is 5.89 Å². The maximum absolute atomic E-state index is 5.51. The Labute approximate surface area is 119 Å². The first-order valence-electron chi connectivity index (χ1n) is 7.05. The van der Waals surface area contributed by atoms with Crippen molar-refractivity contribution in [3.05, 3.63) is 47.7 Å². The summed E-state index contributed by atoms with van der Waals surface area (Å²) in [4.78, 5) is 4.24. The van der Waals surface area contributed by atoms with Gasteiger partial charge in [-0.2, -0.15) is 0 Å². The molecule has 4 nitrogen and oxygen atoms in total. The minimum absolute atomic E-state index is 0.369. The normalized spacial score (nSPS) is 16.1. The van der Waals surface area contributed by atoms with E-state index in [1.54, 1.807) is 13.3 Å². The zero-order valence-corrected chi connectivity index (χ0v) is 11.9. The molecule has 1 fully saturated rings. The standard InChI is InChI=1S/C16H20N2O2/c1-11-9-17-15(20-11)10-18-16(12-3-4-12)13-5-7-14(19-2)8-6-13/h5-9,12,16,18H,3-4,10H2,1-2H3. The molecule has 1 N–H and O–H groups in total. The summed E-state index contributed by atoms with van der Waals surface area (Å²) in [5, 5.41) is 3.57. The van der Waals surface area contributed by atoms with E-state index >= 15 is 0 Å². The molecule has 0 amide bonds. The number of aryl methyl sites for hydroxylation is 1. The van der Waals surface area contributed by atoms with Crippen LogP contribution < -0.4 is 10.1 Å². The second-order valence-electron chi connectivity index (χ2n) is 5.33. The van der Waals surface area contributed by atoms with E-state index in [1.165, 1.54) is 18.4 Å². The third-order valence-electron chi connectivity index (χ3n) is 3.71. The number of rotatable bonds is 6. The zero-order chi connectivity index (χ0) is 13.9. The molecular formula is C16H20N2O2. The molecule has 1 aliphatic carbocycles. The van der Waals surface area contributed by atoms with Crippen LogP contribution in [0.3, 0.4) is 0 Å². The van der Waals surface area contributed by atoms with Crippen LogP contribution in [-0.4, -0.2) is 12.1 Å². The number of oxazole rings is 1. The highest BCUT2D eigenvalue weighted by molar-refractivity contribution is 5.30. The van der Waals surface area contributed by atoms with Crippen molar-refractivity contribution in [1.29, 1.82) is 0 Å². The Kier molecular flexibility index (Phi) is 3.74. The van der Waals surface area contributed by atoms with Gasteiger partial charge in [0, 0.05) is 6.04 Å². The van der Waals surface area contributed by atoms with E-state index in [2.05, 4.69) is 22.4 Å². The van der Waals surface area contributed by atoms with E-state index in [4.69, 9.17) is 9.15 Å². The van der Waals surface area contributed by atoms with Crippen LogP contribution in [0.1, 0.15) is 36.1 Å². The van der Waals surface area contributed by atoms with Crippen LogP contribution >= 0.6 is 0 Å². The fraction of sp³-hybridized carbons (Fsp3) is 0.438. The van der Waals surface area contributed by atoms with Gasteiger partial charge in [-0.1, -0.05) is 12.1 Å². The average Bonchev–Trinajstić information content (AvgIpc) is 3.22. The van der Waals surface area contributed by atoms with Gasteiger partial charge < -0.3 is 14.5 Å². The summed E-state index contributed by atoms with van der Waals surface area (Å²) in [6.45, 7) is 2.58. The maximum Gasteiger partial charge on any atom is 0.208 e. The lowest BCUT2D eigenvalue weighted by molar-refractivity contribution is 0.404. The van der Waals surface area contributed by atoms with E-state index in [9.17, 15) is 0 Å². The highest BCUT2D eigenvalue weighted by Crippen LogP contribution is 2.41. The molecule has 2 aromatic rings. The van der Waals surface area contributed by atoms with Crippen LogP contribution in [0, 0.1) is 12.8 Å². The molecule has 1 atom stereocenters. The number of aromatic nitrogens is 1. The van der Waals surface area contributed by atoms with Crippen molar-refractivity contribution in [3.8, 4) is 5.75 Å². The SMILES string of the molecule is COc1ccc(C(NCc2ncc(C)o2)C2CC2)cc1. The van der Waals surface area contributed by atoms with Gasteiger partial charge in [-0.25, -0.2) is 4.98 Å². The van der Waals surface area contributed by atoms with Crippen molar-refractivity contribution in [2.24, 2.45) is 5.92 Å². The Hall–Kier alpha value is -1.81. The highest BCUT2D eigenvalue weighted by Gasteiger charge is 2.32. The number of nitrogens with one attached hydrogen (secondary N) is 1. The van der Waals surface area contributed by atoms with Gasteiger partial charge in [0.05, 0.1) is 19.9 Å². The minimum atomic E-state index is 0.369. The van der Waals surface area contributed by atoms with Crippen molar-refractivity contribution < 1.29 is 9.15 Å². The quantitative estimate of drug-likeness (QED) is 0.877. The Balaban J connectivity index is 1.68. The zero-order valence-electron chi connectivity index (χ0n) is 11.9. The fourth-order valence-electron chi connectivity index (χ4n) is 2.48. The molecule has 1 aromatic carbocycles. The summed E-state index contributed by atoms with van der Waals surface area (Å²) in [7, 11) is 1.69. The molecule has 4 heteroatoms. The van der Waals surface area contributed by atoms with Gasteiger partial charge in [0.25, 0.3) is 0 Å². The number of ether oxygens (including phenoxy) is 1. The van der Waals surface area contributed by atoms with Crippen LogP contribution in [0.5, 0.6) is 5.75 Å². The van der Waals surface area contributed by atoms with Gasteiger partial charge in [-0.05, 0) is 43.4 Å². The first kappa shape index (κ1) is 13.2. The van der Waals surface area contributed by atoms with Gasteiger partial charge in [0.1, 0.15) is 11.5 Å². The maximum atomic E-state index is 5.51. The second-order valence-corrected chi connectivity index (χ2v) is 5.33. The van der Waals surface area contributed by atoms with E-state index in [0.29, 0.717) is 12.6 Å². The Morgan fingerprint density at radius 1 is 1.35 bits per heavy atom. The third-order valence-corrected chi connectivity index (χ3v) is 3.71. The molecule has 1 saturated carbocycles. The Bertz CT molecular complexity index is 558. The number of hydrogen-bond acceptors (Lipinski definition) is 4. The van der Waals surface area contributed by atoms with Gasteiger partial charge in [-0.3, -0.25) is 0 Å². The molecule has 20 heavy (non-hydrogen) atoms. The molecule has 0 bridgehead atoms. The molecule has 0 spiro atoms. The lowest BCUT2D eigenvalue weighted by Crippen LogP contribution is -2.22. The van der Waals surface area contributed by atoms with Crippen molar-refractivity contribution >= 4 is 0 Å². The van der Waals surface area contributed by atoms with Crippen molar-refractivity contribution in [2.75, 3.05) is 7.11 Å². The lowest BCUT2D eigenvalue weighted by Gasteiger charge is -2.18. The Morgan fingerprint density at radius 3 is 2.65 bits per heavy atom. The van der Waals surface area contributed by atoms with Crippen molar-refractivity contribution in [1.82, 2.24) is 10.3 Å². The van der Waals surface area contributed by atoms with Gasteiger partial charge in [-0.15, -0.1) is 0 Å². The fourth-order valence-corrected chi connectivity index (χ4v) is 2.48. The Morgan fingerprint density at radius 2 is 2.10 bits per heavy atom. The molecule has 0 radical (unpaired) electrons. The average molecular weight is 272 g/mol. The van der Waals surface area contributed by atoms with Crippen LogP contribution in [0.2, 0.25) is 0 Å². The van der Waals surface area contributed by atoms with Crippen molar-refractivity contribution in [2.45, 2.75) is 32.4 Å². The van der Waals surface area contributed by atoms with Crippen molar-refractivity contribution in [3.63, 3.8) is 0 Å². The summed E-state index contributed by atoms with van der Waals surface area (Å²) < 4.78 is 10.7. The molecule has 106 valence electrons. The summed E-state index contributed by atoms with van der Waals surface area (Å²) in [6, 6.07) is 8.67. The summed E-state index contributed by atoms with van der Waals surface area (Å²) in [5.74, 6) is 3.22. The summed E-state index contributed by atoms with van der Waals surface area (Å²) in [5.41, 5.74) is 1.30. The number of nitrogens with zero attached hydrogens (tertiary/aromatic N) is 1. The second kappa shape index (κ2) is 5.67.